The van der Waals surface area contributed by atoms with Gasteiger partial charge in [-0.3, -0.25) is 4.99 Å². The van der Waals surface area contributed by atoms with Crippen LogP contribution in [-0.4, -0.2) is 5.71 Å². The monoisotopic (exact) mass is 656 g/mol. The van der Waals surface area contributed by atoms with E-state index in [1.165, 1.54) is 50.1 Å². The van der Waals surface area contributed by atoms with Gasteiger partial charge < -0.3 is 4.90 Å². The molecule has 7 aromatic rings. The Labute approximate surface area is 301 Å². The minimum absolute atomic E-state index is 0.0732. The van der Waals surface area contributed by atoms with Crippen LogP contribution >= 0.6 is 0 Å². The zero-order valence-electron chi connectivity index (χ0n) is 29.6. The summed E-state index contributed by atoms with van der Waals surface area (Å²) in [5.41, 5.74) is 18.0. The highest BCUT2D eigenvalue weighted by molar-refractivity contribution is 6.13. The maximum Gasteiger partial charge on any atom is 0.0675 e. The molecule has 9 rings (SSSR count). The van der Waals surface area contributed by atoms with Crippen molar-refractivity contribution in [3.63, 3.8) is 0 Å². The molecule has 0 amide bonds. The van der Waals surface area contributed by atoms with E-state index in [2.05, 4.69) is 202 Å². The van der Waals surface area contributed by atoms with Gasteiger partial charge in [0, 0.05) is 27.9 Å². The molecule has 0 spiro atoms. The molecule has 1 heterocycles. The fourth-order valence-corrected chi connectivity index (χ4v) is 8.36. The number of benzene rings is 7. The molecule has 0 bridgehead atoms. The van der Waals surface area contributed by atoms with Crippen LogP contribution in [0.4, 0.5) is 22.7 Å². The van der Waals surface area contributed by atoms with Gasteiger partial charge in [-0.05, 0) is 104 Å². The molecule has 0 atom stereocenters. The fourth-order valence-electron chi connectivity index (χ4n) is 8.36. The normalized spacial score (nSPS) is 14.7. The minimum atomic E-state index is -0.176. The molecule has 0 radical (unpaired) electrons. The first kappa shape index (κ1) is 31.0. The lowest BCUT2D eigenvalue weighted by Crippen LogP contribution is -2.26. The molecule has 0 saturated carbocycles. The van der Waals surface area contributed by atoms with E-state index in [0.29, 0.717) is 0 Å². The zero-order valence-corrected chi connectivity index (χ0v) is 29.6. The molecule has 246 valence electrons. The van der Waals surface area contributed by atoms with Crippen molar-refractivity contribution in [2.24, 2.45) is 4.99 Å². The van der Waals surface area contributed by atoms with Gasteiger partial charge in [0.15, 0.2) is 0 Å². The number of aliphatic imine (C=N–C) groups is 1. The largest absolute Gasteiger partial charge is 0.310 e. The van der Waals surface area contributed by atoms with Gasteiger partial charge in [0.25, 0.3) is 0 Å². The molecule has 0 aromatic heterocycles. The maximum absolute atomic E-state index is 5.15. The van der Waals surface area contributed by atoms with Crippen LogP contribution in [0, 0.1) is 0 Å². The first-order valence-electron chi connectivity index (χ1n) is 17.9. The van der Waals surface area contributed by atoms with Crippen molar-refractivity contribution in [2.75, 3.05) is 4.90 Å². The first-order chi connectivity index (χ1) is 24.8. The zero-order chi connectivity index (χ0) is 34.7. The predicted molar refractivity (Wildman–Crippen MR) is 215 cm³/mol. The van der Waals surface area contributed by atoms with Gasteiger partial charge in [0.2, 0.25) is 0 Å². The second-order valence-electron chi connectivity index (χ2n) is 14.8. The van der Waals surface area contributed by atoms with Crippen LogP contribution in [0.25, 0.3) is 33.4 Å². The van der Waals surface area contributed by atoms with Crippen LogP contribution in [0.3, 0.4) is 0 Å². The van der Waals surface area contributed by atoms with E-state index >= 15 is 0 Å². The Morgan fingerprint density at radius 1 is 0.373 bits per heavy atom. The summed E-state index contributed by atoms with van der Waals surface area (Å²) in [5, 5.41) is 0. The summed E-state index contributed by atoms with van der Waals surface area (Å²) in [6.45, 7) is 9.26. The topological polar surface area (TPSA) is 15.6 Å². The van der Waals surface area contributed by atoms with Gasteiger partial charge in [-0.2, -0.15) is 0 Å². The summed E-state index contributed by atoms with van der Waals surface area (Å²) in [5.74, 6) is 0. The van der Waals surface area contributed by atoms with Crippen LogP contribution in [0.15, 0.2) is 175 Å². The number of hydrogen-bond donors (Lipinski definition) is 0. The van der Waals surface area contributed by atoms with Crippen molar-refractivity contribution in [1.29, 1.82) is 0 Å². The molecule has 51 heavy (non-hydrogen) atoms. The predicted octanol–water partition coefficient (Wildman–Crippen LogP) is 13.2. The van der Waals surface area contributed by atoms with E-state index in [0.717, 1.165) is 34.0 Å². The van der Waals surface area contributed by atoms with Crippen LogP contribution in [0.1, 0.15) is 49.9 Å². The summed E-state index contributed by atoms with van der Waals surface area (Å²) in [7, 11) is 0. The molecular weight excluding hydrogens is 617 g/mol. The Bertz CT molecular complexity index is 2450. The third-order valence-electron chi connectivity index (χ3n) is 11.1. The first-order valence-corrected chi connectivity index (χ1v) is 17.9. The highest BCUT2D eigenvalue weighted by atomic mass is 15.1. The minimum Gasteiger partial charge on any atom is -0.310 e. The van der Waals surface area contributed by atoms with Crippen molar-refractivity contribution >= 4 is 28.5 Å². The number of rotatable bonds is 6. The molecule has 0 N–H and O–H groups in total. The number of anilines is 3. The Balaban J connectivity index is 1.13. The quantitative estimate of drug-likeness (QED) is 0.174. The van der Waals surface area contributed by atoms with Gasteiger partial charge in [0.05, 0.1) is 11.4 Å². The molecule has 0 fully saturated rings. The van der Waals surface area contributed by atoms with E-state index in [1.54, 1.807) is 0 Å². The van der Waals surface area contributed by atoms with Crippen LogP contribution in [0.5, 0.6) is 0 Å². The maximum atomic E-state index is 5.15. The summed E-state index contributed by atoms with van der Waals surface area (Å²) in [6.07, 6.45) is 0. The number of nitrogens with zero attached hydrogens (tertiary/aromatic N) is 2. The molecule has 0 unspecified atom stereocenters. The van der Waals surface area contributed by atoms with Crippen LogP contribution in [0.2, 0.25) is 0 Å². The molecule has 2 heteroatoms. The lowest BCUT2D eigenvalue weighted by atomic mass is 9.78. The van der Waals surface area contributed by atoms with Crippen LogP contribution < -0.4 is 4.90 Å². The lowest BCUT2D eigenvalue weighted by molar-refractivity contribution is 0.660. The van der Waals surface area contributed by atoms with Crippen molar-refractivity contribution in [3.8, 4) is 33.4 Å². The van der Waals surface area contributed by atoms with Crippen molar-refractivity contribution < 1.29 is 0 Å². The van der Waals surface area contributed by atoms with Gasteiger partial charge >= 0.3 is 0 Å². The fraction of sp³-hybridized carbons (Fsp3) is 0.122. The summed E-state index contributed by atoms with van der Waals surface area (Å²) in [4.78, 5) is 7.53. The van der Waals surface area contributed by atoms with E-state index in [4.69, 9.17) is 4.99 Å². The molecule has 2 aliphatic rings. The lowest BCUT2D eigenvalue weighted by Gasteiger charge is -2.28. The standard InChI is InChI=1S/C49H40N2/c1-48(2)43-20-12-11-19-40(43)41-30-28-38(32-45(41)48)51(36-17-9-6-10-18-36)37-26-23-34(24-27-37)39-29-25-35(31-42(39)33-15-7-5-8-16-33)47-49(3,4)44-21-13-14-22-46(44)50-47/h5-32H,1-4H3. The molecule has 0 saturated heterocycles. The van der Waals surface area contributed by atoms with Crippen molar-refractivity contribution in [1.82, 2.24) is 0 Å². The Morgan fingerprint density at radius 2 is 0.922 bits per heavy atom. The van der Waals surface area contributed by atoms with E-state index in [-0.39, 0.29) is 10.8 Å². The second-order valence-corrected chi connectivity index (χ2v) is 14.8. The summed E-state index contributed by atoms with van der Waals surface area (Å²) in [6, 6.07) is 61.7. The molecule has 1 aliphatic carbocycles. The highest BCUT2D eigenvalue weighted by Gasteiger charge is 2.37. The molecule has 2 nitrogen and oxygen atoms in total. The summed E-state index contributed by atoms with van der Waals surface area (Å²) < 4.78 is 0. The van der Waals surface area contributed by atoms with Crippen molar-refractivity contribution in [3.05, 3.63) is 192 Å². The van der Waals surface area contributed by atoms with Gasteiger partial charge in [-0.1, -0.05) is 149 Å². The SMILES string of the molecule is CC1(C)C(c2ccc(-c3ccc(N(c4ccccc4)c4ccc5c(c4)C(C)(C)c4ccccc4-5)cc3)c(-c3ccccc3)c2)=Nc2ccccc21. The van der Waals surface area contributed by atoms with Gasteiger partial charge in [-0.25, -0.2) is 0 Å². The Morgan fingerprint density at radius 3 is 1.67 bits per heavy atom. The average molecular weight is 657 g/mol. The third-order valence-corrected chi connectivity index (χ3v) is 11.1. The van der Waals surface area contributed by atoms with E-state index < -0.39 is 0 Å². The number of fused-ring (bicyclic) bond motifs is 4. The van der Waals surface area contributed by atoms with Crippen molar-refractivity contribution in [2.45, 2.75) is 38.5 Å². The number of hydrogen-bond acceptors (Lipinski definition) is 2. The molecule has 1 aliphatic heterocycles. The third kappa shape index (κ3) is 5.05. The molecular formula is C49H40N2. The van der Waals surface area contributed by atoms with Gasteiger partial charge in [-0.15, -0.1) is 0 Å². The van der Waals surface area contributed by atoms with Crippen LogP contribution in [-0.2, 0) is 10.8 Å². The van der Waals surface area contributed by atoms with E-state index in [1.807, 2.05) is 0 Å². The van der Waals surface area contributed by atoms with E-state index in [9.17, 15) is 0 Å². The van der Waals surface area contributed by atoms with Gasteiger partial charge in [0.1, 0.15) is 0 Å². The Hall–Kier alpha value is -5.99. The Kier molecular flexibility index (Phi) is 7.19. The second kappa shape index (κ2) is 11.8. The molecule has 7 aromatic carbocycles. The number of para-hydroxylation sites is 2. The highest BCUT2D eigenvalue weighted by Crippen LogP contribution is 2.51. The smallest absolute Gasteiger partial charge is 0.0675 e. The average Bonchev–Trinajstić information content (AvgIpc) is 3.58. The summed E-state index contributed by atoms with van der Waals surface area (Å²) >= 11 is 0.